The molecule has 9 heteroatoms. The first-order chi connectivity index (χ1) is 13.0. The first-order valence-corrected chi connectivity index (χ1v) is 8.56. The third-order valence-corrected chi connectivity index (χ3v) is 4.15. The van der Waals surface area contributed by atoms with Crippen molar-refractivity contribution in [2.75, 3.05) is 23.5 Å². The molecule has 0 radical (unpaired) electrons. The monoisotopic (exact) mass is 431 g/mol. The van der Waals surface area contributed by atoms with E-state index in [4.69, 9.17) is 10.5 Å². The summed E-state index contributed by atoms with van der Waals surface area (Å²) in [5.74, 6) is -0.473. The summed E-state index contributed by atoms with van der Waals surface area (Å²) in [5, 5.41) is 5.83. The maximum atomic E-state index is 14.1. The van der Waals surface area contributed by atoms with E-state index in [0.717, 1.165) is 0 Å². The molecule has 0 aliphatic rings. The molecule has 0 fully saturated rings. The largest absolute Gasteiger partial charge is 0.465 e. The molecule has 0 spiro atoms. The SMILES string of the molecule is COC(=O)c1ccccc1Nc1ncnc(Nc2ccc(Br)cc2F)c1N. The predicted molar refractivity (Wildman–Crippen MR) is 105 cm³/mol. The number of ether oxygens (including phenoxy) is 1. The first-order valence-electron chi connectivity index (χ1n) is 7.76. The number of carbonyl (C=O) groups excluding carboxylic acids is 1. The van der Waals surface area contributed by atoms with Crippen LogP contribution in [0, 0.1) is 5.82 Å². The van der Waals surface area contributed by atoms with Gasteiger partial charge in [-0.3, -0.25) is 0 Å². The number of hydrogen-bond acceptors (Lipinski definition) is 7. The number of benzene rings is 2. The summed E-state index contributed by atoms with van der Waals surface area (Å²) in [5.41, 5.74) is 7.29. The number of rotatable bonds is 5. The highest BCUT2D eigenvalue weighted by Crippen LogP contribution is 2.30. The van der Waals surface area contributed by atoms with Gasteiger partial charge in [0.25, 0.3) is 0 Å². The van der Waals surface area contributed by atoms with Gasteiger partial charge in [0.15, 0.2) is 11.6 Å². The third kappa shape index (κ3) is 4.14. The Balaban J connectivity index is 1.91. The zero-order valence-corrected chi connectivity index (χ0v) is 15.7. The molecule has 0 atom stereocenters. The van der Waals surface area contributed by atoms with Crippen LogP contribution in [-0.2, 0) is 4.74 Å². The zero-order valence-electron chi connectivity index (χ0n) is 14.2. The van der Waals surface area contributed by atoms with E-state index in [9.17, 15) is 9.18 Å². The van der Waals surface area contributed by atoms with Gasteiger partial charge in [0.1, 0.15) is 17.8 Å². The number of hydrogen-bond donors (Lipinski definition) is 3. The maximum absolute atomic E-state index is 14.1. The number of para-hydroxylation sites is 1. The summed E-state index contributed by atoms with van der Waals surface area (Å²) in [4.78, 5) is 20.1. The molecule has 0 aliphatic heterocycles. The molecule has 1 heterocycles. The van der Waals surface area contributed by atoms with Gasteiger partial charge in [-0.2, -0.15) is 0 Å². The van der Waals surface area contributed by atoms with Crippen LogP contribution in [0.3, 0.4) is 0 Å². The van der Waals surface area contributed by atoms with Crippen LogP contribution in [0.1, 0.15) is 10.4 Å². The van der Waals surface area contributed by atoms with E-state index in [-0.39, 0.29) is 23.0 Å². The molecule has 0 saturated carbocycles. The van der Waals surface area contributed by atoms with Gasteiger partial charge in [0.2, 0.25) is 0 Å². The quantitative estimate of drug-likeness (QED) is 0.519. The number of carbonyl (C=O) groups is 1. The lowest BCUT2D eigenvalue weighted by Crippen LogP contribution is -2.09. The van der Waals surface area contributed by atoms with Crippen molar-refractivity contribution in [2.24, 2.45) is 0 Å². The van der Waals surface area contributed by atoms with Gasteiger partial charge in [-0.1, -0.05) is 28.1 Å². The normalized spacial score (nSPS) is 10.3. The lowest BCUT2D eigenvalue weighted by atomic mass is 10.2. The number of nitrogen functional groups attached to an aromatic ring is 1. The van der Waals surface area contributed by atoms with Crippen molar-refractivity contribution in [1.29, 1.82) is 0 Å². The number of halogens is 2. The van der Waals surface area contributed by atoms with E-state index in [1.165, 1.54) is 19.5 Å². The lowest BCUT2D eigenvalue weighted by molar-refractivity contribution is 0.0602. The molecule has 0 saturated heterocycles. The van der Waals surface area contributed by atoms with Crippen molar-refractivity contribution < 1.29 is 13.9 Å². The molecule has 3 aromatic rings. The average molecular weight is 432 g/mol. The Morgan fingerprint density at radius 3 is 2.44 bits per heavy atom. The van der Waals surface area contributed by atoms with Gasteiger partial charge in [-0.25, -0.2) is 19.2 Å². The topological polar surface area (TPSA) is 102 Å². The van der Waals surface area contributed by atoms with Gasteiger partial charge in [0.05, 0.1) is 24.0 Å². The van der Waals surface area contributed by atoms with E-state index in [1.807, 2.05) is 0 Å². The average Bonchev–Trinajstić information content (AvgIpc) is 2.66. The van der Waals surface area contributed by atoms with E-state index in [1.54, 1.807) is 36.4 Å². The van der Waals surface area contributed by atoms with Crippen molar-refractivity contribution in [1.82, 2.24) is 9.97 Å². The minimum Gasteiger partial charge on any atom is -0.465 e. The predicted octanol–water partition coefficient (Wildman–Crippen LogP) is 4.23. The number of nitrogens with zero attached hydrogens (tertiary/aromatic N) is 2. The molecule has 7 nitrogen and oxygen atoms in total. The minimum atomic E-state index is -0.499. The summed E-state index contributed by atoms with van der Waals surface area (Å²) in [6, 6.07) is 11.3. The van der Waals surface area contributed by atoms with E-state index in [0.29, 0.717) is 15.7 Å². The molecule has 0 bridgehead atoms. The molecule has 2 aromatic carbocycles. The molecule has 0 amide bonds. The maximum Gasteiger partial charge on any atom is 0.339 e. The summed E-state index contributed by atoms with van der Waals surface area (Å²) in [6.45, 7) is 0. The Morgan fingerprint density at radius 1 is 1.11 bits per heavy atom. The second-order valence-corrected chi connectivity index (χ2v) is 6.31. The number of nitrogens with two attached hydrogens (primary N) is 1. The molecule has 0 unspecified atom stereocenters. The molecule has 0 aliphatic carbocycles. The Kier molecular flexibility index (Phi) is 5.51. The summed E-state index contributed by atoms with van der Waals surface area (Å²) < 4.78 is 19.4. The van der Waals surface area contributed by atoms with Crippen molar-refractivity contribution in [3.63, 3.8) is 0 Å². The highest BCUT2D eigenvalue weighted by molar-refractivity contribution is 9.10. The van der Waals surface area contributed by atoms with Crippen molar-refractivity contribution in [3.8, 4) is 0 Å². The van der Waals surface area contributed by atoms with Gasteiger partial charge < -0.3 is 21.1 Å². The Hall–Kier alpha value is -3.20. The Morgan fingerprint density at radius 2 is 1.78 bits per heavy atom. The van der Waals surface area contributed by atoms with Crippen LogP contribution in [-0.4, -0.2) is 23.0 Å². The molecule has 3 rings (SSSR count). The van der Waals surface area contributed by atoms with Crippen LogP contribution in [0.5, 0.6) is 0 Å². The van der Waals surface area contributed by atoms with Crippen LogP contribution in [0.15, 0.2) is 53.3 Å². The van der Waals surface area contributed by atoms with Crippen LogP contribution >= 0.6 is 15.9 Å². The number of esters is 1. The standard InChI is InChI=1S/C18H15BrFN5O2/c1-27-18(26)11-4-2-3-5-13(11)24-16-15(21)17(23-9-22-16)25-14-7-6-10(19)8-12(14)20/h2-9H,21H2,1H3,(H2,22,23,24,25). The highest BCUT2D eigenvalue weighted by atomic mass is 79.9. The Labute approximate surface area is 162 Å². The van der Waals surface area contributed by atoms with Crippen LogP contribution in [0.2, 0.25) is 0 Å². The molecule has 138 valence electrons. The van der Waals surface area contributed by atoms with Crippen molar-refractivity contribution >= 4 is 50.6 Å². The smallest absolute Gasteiger partial charge is 0.339 e. The van der Waals surface area contributed by atoms with Crippen molar-refractivity contribution in [2.45, 2.75) is 0 Å². The fourth-order valence-corrected chi connectivity index (χ4v) is 2.65. The number of aromatic nitrogens is 2. The molecule has 27 heavy (non-hydrogen) atoms. The molecular weight excluding hydrogens is 417 g/mol. The second-order valence-electron chi connectivity index (χ2n) is 5.40. The number of methoxy groups -OCH3 is 1. The summed E-state index contributed by atoms with van der Waals surface area (Å²) in [7, 11) is 1.30. The lowest BCUT2D eigenvalue weighted by Gasteiger charge is -2.14. The fourth-order valence-electron chi connectivity index (χ4n) is 2.32. The van der Waals surface area contributed by atoms with Gasteiger partial charge >= 0.3 is 5.97 Å². The van der Waals surface area contributed by atoms with Gasteiger partial charge in [-0.05, 0) is 30.3 Å². The van der Waals surface area contributed by atoms with E-state index < -0.39 is 11.8 Å². The molecule has 1 aromatic heterocycles. The highest BCUT2D eigenvalue weighted by Gasteiger charge is 2.15. The second kappa shape index (κ2) is 8.00. The minimum absolute atomic E-state index is 0.166. The van der Waals surface area contributed by atoms with E-state index >= 15 is 0 Å². The first kappa shape index (κ1) is 18.6. The third-order valence-electron chi connectivity index (χ3n) is 3.65. The summed E-state index contributed by atoms with van der Waals surface area (Å²) >= 11 is 3.20. The zero-order chi connectivity index (χ0) is 19.4. The van der Waals surface area contributed by atoms with Gasteiger partial charge in [-0.15, -0.1) is 0 Å². The molecular formula is C18H15BrFN5O2. The van der Waals surface area contributed by atoms with Crippen LogP contribution in [0.25, 0.3) is 0 Å². The van der Waals surface area contributed by atoms with Gasteiger partial charge in [0, 0.05) is 4.47 Å². The fraction of sp³-hybridized carbons (Fsp3) is 0.0556. The van der Waals surface area contributed by atoms with E-state index in [2.05, 4.69) is 36.5 Å². The number of anilines is 5. The molecule has 4 N–H and O–H groups in total. The van der Waals surface area contributed by atoms with Crippen LogP contribution in [0.4, 0.5) is 33.1 Å². The van der Waals surface area contributed by atoms with Crippen LogP contribution < -0.4 is 16.4 Å². The van der Waals surface area contributed by atoms with Crippen molar-refractivity contribution in [3.05, 3.63) is 64.6 Å². The summed E-state index contributed by atoms with van der Waals surface area (Å²) in [6.07, 6.45) is 1.28. The Bertz CT molecular complexity index is 999. The number of nitrogens with one attached hydrogen (secondary N) is 2.